The zero-order valence-corrected chi connectivity index (χ0v) is 6.25. The molecule has 0 aliphatic heterocycles. The van der Waals surface area contributed by atoms with Crippen molar-refractivity contribution in [3.63, 3.8) is 0 Å². The van der Waals surface area contributed by atoms with Gasteiger partial charge in [-0.15, -0.1) is 0 Å². The van der Waals surface area contributed by atoms with Gasteiger partial charge < -0.3 is 0 Å². The molecular formula is C10H12. The van der Waals surface area contributed by atoms with Gasteiger partial charge in [-0.2, -0.15) is 0 Å². The van der Waals surface area contributed by atoms with Gasteiger partial charge in [0, 0.05) is 0 Å². The lowest BCUT2D eigenvalue weighted by molar-refractivity contribution is 1.38. The van der Waals surface area contributed by atoms with Crippen LogP contribution in [0.25, 0.3) is 0 Å². The van der Waals surface area contributed by atoms with E-state index in [2.05, 4.69) is 42.5 Å². The highest BCUT2D eigenvalue weighted by molar-refractivity contribution is 5.34. The predicted molar refractivity (Wildman–Crippen MR) is 45.8 cm³/mol. The first-order chi connectivity index (χ1) is 4.93. The number of hydrogen-bond acceptors (Lipinski definition) is 0. The minimum Gasteiger partial charge on any atom is -0.0871 e. The molecule has 0 heterocycles. The van der Waals surface area contributed by atoms with E-state index in [-0.39, 0.29) is 0 Å². The Morgan fingerprint density at radius 3 is 3.10 bits per heavy atom. The summed E-state index contributed by atoms with van der Waals surface area (Å²) in [6, 6.07) is 0. The Morgan fingerprint density at radius 1 is 1.40 bits per heavy atom. The molecule has 0 saturated heterocycles. The molecule has 0 radical (unpaired) electrons. The van der Waals surface area contributed by atoms with Crippen molar-refractivity contribution in [1.82, 2.24) is 0 Å². The van der Waals surface area contributed by atoms with Crippen molar-refractivity contribution in [2.45, 2.75) is 13.3 Å². The van der Waals surface area contributed by atoms with Gasteiger partial charge in [0.05, 0.1) is 0 Å². The molecule has 0 unspecified atom stereocenters. The van der Waals surface area contributed by atoms with Crippen LogP contribution in [0.15, 0.2) is 48.1 Å². The highest BCUT2D eigenvalue weighted by atomic mass is 13.9. The molecule has 0 aromatic rings. The molecule has 1 aliphatic rings. The van der Waals surface area contributed by atoms with Crippen LogP contribution in [0.3, 0.4) is 0 Å². The Hall–Kier alpha value is -1.04. The first-order valence-electron chi connectivity index (χ1n) is 3.59. The Kier molecular flexibility index (Phi) is 2.75. The Labute approximate surface area is 62.3 Å². The summed E-state index contributed by atoms with van der Waals surface area (Å²) in [6.45, 7) is 2.03. The molecule has 0 amide bonds. The first kappa shape index (κ1) is 7.07. The van der Waals surface area contributed by atoms with Crippen molar-refractivity contribution < 1.29 is 0 Å². The lowest BCUT2D eigenvalue weighted by Crippen LogP contribution is -1.67. The fraction of sp³-hybridized carbons (Fsp3) is 0.200. The van der Waals surface area contributed by atoms with Gasteiger partial charge >= 0.3 is 0 Å². The molecular weight excluding hydrogens is 120 g/mol. The van der Waals surface area contributed by atoms with Crippen molar-refractivity contribution in [1.29, 1.82) is 0 Å². The lowest BCUT2D eigenvalue weighted by atomic mass is 10.2. The standard InChI is InChI=1S/C10H12/c1-2-7-10-8-5-3-4-6-9-10/h2-5,7-9H,6H2,1H3/b7-2+. The van der Waals surface area contributed by atoms with Crippen molar-refractivity contribution in [2.24, 2.45) is 0 Å². The van der Waals surface area contributed by atoms with Gasteiger partial charge in [0.15, 0.2) is 0 Å². The van der Waals surface area contributed by atoms with Crippen LogP contribution in [0.1, 0.15) is 13.3 Å². The van der Waals surface area contributed by atoms with E-state index in [0.29, 0.717) is 0 Å². The fourth-order valence-corrected chi connectivity index (χ4v) is 0.912. The van der Waals surface area contributed by atoms with Gasteiger partial charge in [-0.05, 0) is 18.9 Å². The molecule has 0 saturated carbocycles. The van der Waals surface area contributed by atoms with Crippen LogP contribution in [-0.2, 0) is 0 Å². The van der Waals surface area contributed by atoms with E-state index >= 15 is 0 Å². The van der Waals surface area contributed by atoms with Crippen LogP contribution in [-0.4, -0.2) is 0 Å². The van der Waals surface area contributed by atoms with E-state index in [0.717, 1.165) is 6.42 Å². The summed E-state index contributed by atoms with van der Waals surface area (Å²) in [4.78, 5) is 0. The van der Waals surface area contributed by atoms with Crippen molar-refractivity contribution in [3.05, 3.63) is 48.1 Å². The third kappa shape index (κ3) is 2.06. The molecule has 1 rings (SSSR count). The minimum atomic E-state index is 1.05. The summed E-state index contributed by atoms with van der Waals surface area (Å²) in [5.74, 6) is 0. The fourth-order valence-electron chi connectivity index (χ4n) is 0.912. The lowest BCUT2D eigenvalue weighted by Gasteiger charge is -1.87. The molecule has 0 atom stereocenters. The molecule has 10 heavy (non-hydrogen) atoms. The zero-order chi connectivity index (χ0) is 7.23. The van der Waals surface area contributed by atoms with Crippen LogP contribution in [0, 0.1) is 0 Å². The minimum absolute atomic E-state index is 1.05. The van der Waals surface area contributed by atoms with E-state index in [1.165, 1.54) is 5.57 Å². The van der Waals surface area contributed by atoms with Crippen molar-refractivity contribution in [2.75, 3.05) is 0 Å². The second-order valence-corrected chi connectivity index (χ2v) is 2.23. The Balaban J connectivity index is 2.68. The monoisotopic (exact) mass is 132 g/mol. The van der Waals surface area contributed by atoms with E-state index in [1.54, 1.807) is 0 Å². The molecule has 0 heteroatoms. The van der Waals surface area contributed by atoms with E-state index in [9.17, 15) is 0 Å². The van der Waals surface area contributed by atoms with Crippen LogP contribution in [0.4, 0.5) is 0 Å². The summed E-state index contributed by atoms with van der Waals surface area (Å²) < 4.78 is 0. The largest absolute Gasteiger partial charge is 0.0871 e. The van der Waals surface area contributed by atoms with Crippen molar-refractivity contribution >= 4 is 0 Å². The second kappa shape index (κ2) is 3.89. The third-order valence-corrected chi connectivity index (χ3v) is 1.38. The molecule has 0 N–H and O–H groups in total. The summed E-state index contributed by atoms with van der Waals surface area (Å²) in [6.07, 6.45) is 15.8. The van der Waals surface area contributed by atoms with Crippen LogP contribution >= 0.6 is 0 Å². The molecule has 1 aliphatic carbocycles. The van der Waals surface area contributed by atoms with Gasteiger partial charge in [-0.1, -0.05) is 42.5 Å². The summed E-state index contributed by atoms with van der Waals surface area (Å²) in [5.41, 5.74) is 1.30. The average molecular weight is 132 g/mol. The van der Waals surface area contributed by atoms with Crippen LogP contribution < -0.4 is 0 Å². The quantitative estimate of drug-likeness (QED) is 0.514. The Bertz CT molecular complexity index is 202. The summed E-state index contributed by atoms with van der Waals surface area (Å²) >= 11 is 0. The number of rotatable bonds is 1. The zero-order valence-electron chi connectivity index (χ0n) is 6.25. The van der Waals surface area contributed by atoms with E-state index in [4.69, 9.17) is 0 Å². The van der Waals surface area contributed by atoms with Crippen LogP contribution in [0.5, 0.6) is 0 Å². The molecule has 0 nitrogen and oxygen atoms in total. The number of allylic oxidation sites excluding steroid dienone is 8. The highest BCUT2D eigenvalue weighted by Gasteiger charge is 1.85. The predicted octanol–water partition coefficient (Wildman–Crippen LogP) is 3.01. The topological polar surface area (TPSA) is 0 Å². The molecule has 0 bridgehead atoms. The molecule has 0 aromatic carbocycles. The van der Waals surface area contributed by atoms with E-state index < -0.39 is 0 Å². The molecule has 0 fully saturated rings. The maximum Gasteiger partial charge on any atom is -0.0157 e. The Morgan fingerprint density at radius 2 is 2.30 bits per heavy atom. The van der Waals surface area contributed by atoms with Gasteiger partial charge in [-0.25, -0.2) is 0 Å². The summed E-state index contributed by atoms with van der Waals surface area (Å²) in [7, 11) is 0. The van der Waals surface area contributed by atoms with Crippen LogP contribution in [0.2, 0.25) is 0 Å². The smallest absolute Gasteiger partial charge is 0.0157 e. The average Bonchev–Trinajstić information content (AvgIpc) is 2.17. The number of hydrogen-bond donors (Lipinski definition) is 0. The van der Waals surface area contributed by atoms with Crippen molar-refractivity contribution in [3.8, 4) is 0 Å². The maximum atomic E-state index is 2.21. The highest BCUT2D eigenvalue weighted by Crippen LogP contribution is 2.05. The molecule has 52 valence electrons. The van der Waals surface area contributed by atoms with Gasteiger partial charge in [0.1, 0.15) is 0 Å². The first-order valence-corrected chi connectivity index (χ1v) is 3.59. The van der Waals surface area contributed by atoms with Gasteiger partial charge in [0.2, 0.25) is 0 Å². The third-order valence-electron chi connectivity index (χ3n) is 1.38. The van der Waals surface area contributed by atoms with E-state index in [1.807, 2.05) is 6.92 Å². The second-order valence-electron chi connectivity index (χ2n) is 2.23. The molecule has 0 spiro atoms. The maximum absolute atomic E-state index is 2.21. The SMILES string of the molecule is C/C=C/C1=CCC=CC=C1. The van der Waals surface area contributed by atoms with Gasteiger partial charge in [0.25, 0.3) is 0 Å². The molecule has 0 aromatic heterocycles. The van der Waals surface area contributed by atoms with Gasteiger partial charge in [-0.3, -0.25) is 0 Å². The summed E-state index contributed by atoms with van der Waals surface area (Å²) in [5, 5.41) is 0. The normalized spacial score (nSPS) is 17.5.